The lowest BCUT2D eigenvalue weighted by atomic mass is 10.1. The number of carbonyl (C=O) groups excluding carboxylic acids is 2. The van der Waals surface area contributed by atoms with Gasteiger partial charge in [-0.15, -0.1) is 0 Å². The number of hydrogen-bond donors (Lipinski definition) is 1. The first kappa shape index (κ1) is 29.5. The Bertz CT molecular complexity index is 1340. The molecule has 0 unspecified atom stereocenters. The van der Waals surface area contributed by atoms with E-state index in [2.05, 4.69) is 5.32 Å². The van der Waals surface area contributed by atoms with E-state index in [0.29, 0.717) is 17.2 Å². The fourth-order valence-corrected chi connectivity index (χ4v) is 5.33. The molecule has 3 aromatic carbocycles. The van der Waals surface area contributed by atoms with Gasteiger partial charge in [0.1, 0.15) is 24.1 Å². The fourth-order valence-electron chi connectivity index (χ4n) is 3.91. The van der Waals surface area contributed by atoms with Crippen molar-refractivity contribution in [2.75, 3.05) is 25.1 Å². The molecule has 0 spiro atoms. The van der Waals surface area contributed by atoms with E-state index in [4.69, 9.17) is 9.47 Å². The summed E-state index contributed by atoms with van der Waals surface area (Å²) in [5.74, 6) is 0.296. The molecular formula is C29H35N3O6S. The maximum Gasteiger partial charge on any atom is 0.264 e. The Balaban J connectivity index is 1.99. The molecule has 0 aliphatic carbocycles. The average molecular weight is 554 g/mol. The van der Waals surface area contributed by atoms with Crippen LogP contribution in [0.5, 0.6) is 11.5 Å². The van der Waals surface area contributed by atoms with Gasteiger partial charge in [-0.05, 0) is 74.9 Å². The van der Waals surface area contributed by atoms with Crippen molar-refractivity contribution < 1.29 is 27.5 Å². The van der Waals surface area contributed by atoms with Gasteiger partial charge in [0.15, 0.2) is 0 Å². The lowest BCUT2D eigenvalue weighted by Gasteiger charge is -2.32. The minimum atomic E-state index is -4.14. The summed E-state index contributed by atoms with van der Waals surface area (Å²) in [6.45, 7) is 4.89. The van der Waals surface area contributed by atoms with Crippen molar-refractivity contribution in [2.24, 2.45) is 0 Å². The smallest absolute Gasteiger partial charge is 0.264 e. The van der Waals surface area contributed by atoms with Crippen molar-refractivity contribution in [3.63, 3.8) is 0 Å². The summed E-state index contributed by atoms with van der Waals surface area (Å²) in [6, 6.07) is 20.5. The minimum absolute atomic E-state index is 0.00672. The molecule has 3 rings (SSSR count). The normalized spacial score (nSPS) is 11.9. The molecule has 1 N–H and O–H groups in total. The van der Waals surface area contributed by atoms with Crippen molar-refractivity contribution >= 4 is 27.5 Å². The summed E-state index contributed by atoms with van der Waals surface area (Å²) in [6.07, 6.45) is 0. The maximum absolute atomic E-state index is 13.9. The van der Waals surface area contributed by atoms with E-state index in [1.165, 1.54) is 24.1 Å². The highest BCUT2D eigenvalue weighted by Crippen LogP contribution is 2.26. The van der Waals surface area contributed by atoms with Crippen LogP contribution in [0.25, 0.3) is 0 Å². The highest BCUT2D eigenvalue weighted by atomic mass is 32.2. The molecule has 3 aromatic rings. The zero-order valence-electron chi connectivity index (χ0n) is 22.8. The van der Waals surface area contributed by atoms with Crippen LogP contribution in [-0.2, 0) is 26.2 Å². The number of rotatable bonds is 12. The third-order valence-electron chi connectivity index (χ3n) is 6.08. The highest BCUT2D eigenvalue weighted by Gasteiger charge is 2.32. The van der Waals surface area contributed by atoms with Crippen LogP contribution in [0, 0.1) is 0 Å². The van der Waals surface area contributed by atoms with Crippen LogP contribution in [0.2, 0.25) is 0 Å². The van der Waals surface area contributed by atoms with Crippen molar-refractivity contribution in [1.82, 2.24) is 10.2 Å². The molecule has 0 saturated heterocycles. The Labute approximate surface area is 230 Å². The van der Waals surface area contributed by atoms with Crippen molar-refractivity contribution in [2.45, 2.75) is 44.3 Å². The van der Waals surface area contributed by atoms with Gasteiger partial charge in [0.25, 0.3) is 10.0 Å². The van der Waals surface area contributed by atoms with Crippen molar-refractivity contribution in [1.29, 1.82) is 0 Å². The van der Waals surface area contributed by atoms with Gasteiger partial charge in [0.2, 0.25) is 11.8 Å². The number of benzene rings is 3. The molecule has 0 saturated carbocycles. The minimum Gasteiger partial charge on any atom is -0.497 e. The summed E-state index contributed by atoms with van der Waals surface area (Å²) in [7, 11) is -1.09. The van der Waals surface area contributed by atoms with Gasteiger partial charge in [-0.2, -0.15) is 0 Å². The number of sulfonamides is 1. The molecule has 0 aromatic heterocycles. The Morgan fingerprint density at radius 2 is 1.36 bits per heavy atom. The van der Waals surface area contributed by atoms with E-state index < -0.39 is 28.5 Å². The molecule has 0 radical (unpaired) electrons. The third-order valence-corrected chi connectivity index (χ3v) is 7.87. The van der Waals surface area contributed by atoms with E-state index in [1.807, 2.05) is 13.8 Å². The van der Waals surface area contributed by atoms with Gasteiger partial charge in [0.05, 0.1) is 24.8 Å². The molecule has 0 aliphatic heterocycles. The Hall–Kier alpha value is -4.05. The second kappa shape index (κ2) is 13.1. The van der Waals surface area contributed by atoms with E-state index in [0.717, 1.165) is 9.87 Å². The van der Waals surface area contributed by atoms with Gasteiger partial charge in [0, 0.05) is 12.6 Å². The van der Waals surface area contributed by atoms with Crippen LogP contribution < -0.4 is 19.1 Å². The van der Waals surface area contributed by atoms with Crippen LogP contribution in [0.1, 0.15) is 26.3 Å². The molecule has 208 valence electrons. The second-order valence-corrected chi connectivity index (χ2v) is 11.1. The summed E-state index contributed by atoms with van der Waals surface area (Å²) in [5, 5.41) is 2.84. The molecule has 10 heteroatoms. The van der Waals surface area contributed by atoms with Gasteiger partial charge >= 0.3 is 0 Å². The monoisotopic (exact) mass is 553 g/mol. The molecule has 1 atom stereocenters. The van der Waals surface area contributed by atoms with E-state index in [-0.39, 0.29) is 23.4 Å². The Morgan fingerprint density at radius 1 is 0.821 bits per heavy atom. The fraction of sp³-hybridized carbons (Fsp3) is 0.310. The first-order valence-electron chi connectivity index (χ1n) is 12.5. The number of methoxy groups -OCH3 is 2. The number of nitrogens with one attached hydrogen (secondary N) is 1. The largest absolute Gasteiger partial charge is 0.497 e. The Morgan fingerprint density at radius 3 is 1.87 bits per heavy atom. The number of para-hydroxylation sites is 1. The van der Waals surface area contributed by atoms with Gasteiger partial charge in [-0.1, -0.05) is 30.3 Å². The summed E-state index contributed by atoms with van der Waals surface area (Å²) < 4.78 is 39.0. The average Bonchev–Trinajstić information content (AvgIpc) is 2.94. The zero-order chi connectivity index (χ0) is 28.6. The van der Waals surface area contributed by atoms with Gasteiger partial charge < -0.3 is 19.7 Å². The molecule has 39 heavy (non-hydrogen) atoms. The molecule has 0 aliphatic rings. The van der Waals surface area contributed by atoms with Crippen LogP contribution >= 0.6 is 0 Å². The van der Waals surface area contributed by atoms with Gasteiger partial charge in [-0.25, -0.2) is 8.42 Å². The molecule has 0 fully saturated rings. The quantitative estimate of drug-likeness (QED) is 0.365. The predicted octanol–water partition coefficient (Wildman–Crippen LogP) is 3.84. The molecular weight excluding hydrogens is 518 g/mol. The number of hydrogen-bond acceptors (Lipinski definition) is 6. The van der Waals surface area contributed by atoms with E-state index >= 15 is 0 Å². The van der Waals surface area contributed by atoms with Gasteiger partial charge in [-0.3, -0.25) is 13.9 Å². The van der Waals surface area contributed by atoms with E-state index in [9.17, 15) is 18.0 Å². The van der Waals surface area contributed by atoms with E-state index in [1.54, 1.807) is 80.8 Å². The second-order valence-electron chi connectivity index (χ2n) is 9.23. The van der Waals surface area contributed by atoms with Crippen LogP contribution in [0.15, 0.2) is 83.8 Å². The van der Waals surface area contributed by atoms with Crippen LogP contribution in [0.4, 0.5) is 5.69 Å². The molecule has 9 nitrogen and oxygen atoms in total. The Kier molecular flexibility index (Phi) is 9.95. The number of ether oxygens (including phenoxy) is 2. The number of nitrogens with zero attached hydrogens (tertiary/aromatic N) is 2. The zero-order valence-corrected chi connectivity index (χ0v) is 23.6. The predicted molar refractivity (Wildman–Crippen MR) is 150 cm³/mol. The SMILES string of the molecule is COc1ccc(CN(C(=O)CN(c2ccccc2)S(=O)(=O)c2ccc(OC)cc2)[C@@H](C)C(=O)NC(C)C)cc1. The van der Waals surface area contributed by atoms with Crippen LogP contribution in [-0.4, -0.2) is 58.0 Å². The van der Waals surface area contributed by atoms with Crippen molar-refractivity contribution in [3.8, 4) is 11.5 Å². The van der Waals surface area contributed by atoms with Crippen molar-refractivity contribution in [3.05, 3.63) is 84.4 Å². The first-order chi connectivity index (χ1) is 18.6. The first-order valence-corrected chi connectivity index (χ1v) is 14.0. The number of amides is 2. The lowest BCUT2D eigenvalue weighted by Crippen LogP contribution is -2.52. The molecule has 2 amide bonds. The number of carbonyl (C=O) groups is 2. The lowest BCUT2D eigenvalue weighted by molar-refractivity contribution is -0.139. The maximum atomic E-state index is 13.9. The summed E-state index contributed by atoms with van der Waals surface area (Å²) in [4.78, 5) is 28.2. The standard InChI is InChI=1S/C29H35N3O6S/c1-21(2)30-29(34)22(3)31(19-23-11-13-25(37-4)14-12-23)28(33)20-32(24-9-7-6-8-10-24)39(35,36)27-17-15-26(38-5)16-18-27/h6-18,21-22H,19-20H2,1-5H3,(H,30,34)/t22-/m0/s1. The number of anilines is 1. The molecule has 0 heterocycles. The summed E-state index contributed by atoms with van der Waals surface area (Å²) in [5.41, 5.74) is 1.09. The summed E-state index contributed by atoms with van der Waals surface area (Å²) >= 11 is 0. The van der Waals surface area contributed by atoms with Crippen LogP contribution in [0.3, 0.4) is 0 Å². The topological polar surface area (TPSA) is 105 Å². The highest BCUT2D eigenvalue weighted by molar-refractivity contribution is 7.92. The molecule has 0 bridgehead atoms. The third kappa shape index (κ3) is 7.51.